The van der Waals surface area contributed by atoms with Gasteiger partial charge in [-0.2, -0.15) is 0 Å². The number of rotatable bonds is 4. The van der Waals surface area contributed by atoms with Crippen LogP contribution in [0, 0.1) is 0 Å². The molecule has 0 radical (unpaired) electrons. The van der Waals surface area contributed by atoms with Crippen molar-refractivity contribution in [2.45, 2.75) is 18.9 Å². The van der Waals surface area contributed by atoms with Crippen molar-refractivity contribution in [1.82, 2.24) is 4.98 Å². The van der Waals surface area contributed by atoms with E-state index in [1.165, 1.54) is 0 Å². The van der Waals surface area contributed by atoms with Crippen molar-refractivity contribution >= 4 is 34.1 Å². The number of nitrogens with zero attached hydrogens (tertiary/aromatic N) is 1. The van der Waals surface area contributed by atoms with Crippen LogP contribution >= 0.6 is 0 Å². The van der Waals surface area contributed by atoms with Crippen LogP contribution in [0.4, 0.5) is 11.4 Å². The molecule has 6 heteroatoms. The Morgan fingerprint density at radius 2 is 1.89 bits per heavy atom. The lowest BCUT2D eigenvalue weighted by Crippen LogP contribution is -2.27. The van der Waals surface area contributed by atoms with Crippen LogP contribution in [0.3, 0.4) is 0 Å². The molecule has 2 aromatic carbocycles. The molecule has 1 aliphatic rings. The zero-order chi connectivity index (χ0) is 18.6. The molecule has 2 heterocycles. The molecule has 4 rings (SSSR count). The molecule has 1 fully saturated rings. The number of aromatic nitrogens is 1. The molecule has 2 N–H and O–H groups in total. The number of ether oxygens (including phenoxy) is 1. The number of anilines is 2. The number of para-hydroxylation sites is 1. The van der Waals surface area contributed by atoms with Crippen molar-refractivity contribution in [2.75, 3.05) is 17.2 Å². The van der Waals surface area contributed by atoms with E-state index in [2.05, 4.69) is 15.6 Å². The van der Waals surface area contributed by atoms with Crippen molar-refractivity contribution in [3.63, 3.8) is 0 Å². The summed E-state index contributed by atoms with van der Waals surface area (Å²) < 4.78 is 5.38. The average Bonchev–Trinajstić information content (AvgIpc) is 3.23. The molecule has 27 heavy (non-hydrogen) atoms. The molecule has 1 aromatic heterocycles. The van der Waals surface area contributed by atoms with Crippen molar-refractivity contribution in [2.24, 2.45) is 0 Å². The van der Waals surface area contributed by atoms with E-state index in [1.807, 2.05) is 30.3 Å². The van der Waals surface area contributed by atoms with E-state index < -0.39 is 6.10 Å². The van der Waals surface area contributed by atoms with Gasteiger partial charge in [-0.15, -0.1) is 0 Å². The van der Waals surface area contributed by atoms with Crippen molar-refractivity contribution in [1.29, 1.82) is 0 Å². The van der Waals surface area contributed by atoms with Gasteiger partial charge >= 0.3 is 0 Å². The van der Waals surface area contributed by atoms with Crippen molar-refractivity contribution in [3.05, 3.63) is 66.4 Å². The Kier molecular flexibility index (Phi) is 4.80. The van der Waals surface area contributed by atoms with Crippen LogP contribution in [0.15, 0.2) is 60.8 Å². The Bertz CT molecular complexity index is 997. The van der Waals surface area contributed by atoms with Gasteiger partial charge in [0, 0.05) is 23.2 Å². The van der Waals surface area contributed by atoms with E-state index >= 15 is 0 Å². The fourth-order valence-electron chi connectivity index (χ4n) is 3.09. The third-order valence-electron chi connectivity index (χ3n) is 4.46. The molecule has 0 saturated carbocycles. The Morgan fingerprint density at radius 1 is 1.00 bits per heavy atom. The second-order valence-electron chi connectivity index (χ2n) is 6.44. The maximum Gasteiger partial charge on any atom is 0.255 e. The maximum absolute atomic E-state index is 12.6. The summed E-state index contributed by atoms with van der Waals surface area (Å²) in [5.74, 6) is -0.441. The standard InChI is InChI=1S/C21H19N3O3/c25-20(24-17-11-14-5-1-2-8-18(14)22-13-17)15-6-3-7-16(12-15)23-21(26)19-9-4-10-27-19/h1-3,5-8,11-13,19H,4,9-10H2,(H,23,26)(H,24,25). The Balaban J connectivity index is 1.47. The van der Waals surface area contributed by atoms with E-state index in [1.54, 1.807) is 30.5 Å². The largest absolute Gasteiger partial charge is 0.368 e. The van der Waals surface area contributed by atoms with Gasteiger partial charge in [0.2, 0.25) is 0 Å². The number of carbonyl (C=O) groups excluding carboxylic acids is 2. The molecule has 1 saturated heterocycles. The highest BCUT2D eigenvalue weighted by Gasteiger charge is 2.23. The first kappa shape index (κ1) is 17.2. The number of carbonyl (C=O) groups is 2. The summed E-state index contributed by atoms with van der Waals surface area (Å²) >= 11 is 0. The van der Waals surface area contributed by atoms with Gasteiger partial charge < -0.3 is 15.4 Å². The first-order valence-electron chi connectivity index (χ1n) is 8.88. The summed E-state index contributed by atoms with van der Waals surface area (Å²) in [6, 6.07) is 16.4. The predicted octanol–water partition coefficient (Wildman–Crippen LogP) is 3.60. The van der Waals surface area contributed by atoms with Crippen LogP contribution in [0.2, 0.25) is 0 Å². The van der Waals surface area contributed by atoms with Crippen molar-refractivity contribution in [3.8, 4) is 0 Å². The molecule has 0 spiro atoms. The van der Waals surface area contributed by atoms with E-state index in [0.29, 0.717) is 23.5 Å². The molecule has 6 nitrogen and oxygen atoms in total. The lowest BCUT2D eigenvalue weighted by atomic mass is 10.1. The Labute approximate surface area is 156 Å². The average molecular weight is 361 g/mol. The van der Waals surface area contributed by atoms with E-state index in [9.17, 15) is 9.59 Å². The zero-order valence-corrected chi connectivity index (χ0v) is 14.6. The number of pyridine rings is 1. The first-order valence-corrected chi connectivity index (χ1v) is 8.88. The quantitative estimate of drug-likeness (QED) is 0.744. The van der Waals surface area contributed by atoms with Crippen LogP contribution in [-0.4, -0.2) is 29.5 Å². The number of fused-ring (bicyclic) bond motifs is 1. The van der Waals surface area contributed by atoms with Crippen LogP contribution in [0.25, 0.3) is 10.9 Å². The fraction of sp³-hybridized carbons (Fsp3) is 0.190. The highest BCUT2D eigenvalue weighted by molar-refractivity contribution is 6.06. The molecular weight excluding hydrogens is 342 g/mol. The lowest BCUT2D eigenvalue weighted by molar-refractivity contribution is -0.124. The highest BCUT2D eigenvalue weighted by Crippen LogP contribution is 2.19. The van der Waals surface area contributed by atoms with Gasteiger partial charge in [-0.3, -0.25) is 14.6 Å². The van der Waals surface area contributed by atoms with Crippen LogP contribution in [0.1, 0.15) is 23.2 Å². The molecule has 1 unspecified atom stereocenters. The van der Waals surface area contributed by atoms with E-state index in [4.69, 9.17) is 4.74 Å². The smallest absolute Gasteiger partial charge is 0.255 e. The number of hydrogen-bond acceptors (Lipinski definition) is 4. The third-order valence-corrected chi connectivity index (χ3v) is 4.46. The monoisotopic (exact) mass is 361 g/mol. The normalized spacial score (nSPS) is 16.2. The second-order valence-corrected chi connectivity index (χ2v) is 6.44. The lowest BCUT2D eigenvalue weighted by Gasteiger charge is -2.11. The molecular formula is C21H19N3O3. The van der Waals surface area contributed by atoms with Crippen LogP contribution < -0.4 is 10.6 Å². The molecule has 136 valence electrons. The molecule has 2 amide bonds. The number of nitrogens with one attached hydrogen (secondary N) is 2. The van der Waals surface area contributed by atoms with Gasteiger partial charge in [0.05, 0.1) is 17.4 Å². The SMILES string of the molecule is O=C(Nc1cnc2ccccc2c1)c1cccc(NC(=O)C2CCCO2)c1. The minimum Gasteiger partial charge on any atom is -0.368 e. The van der Waals surface area contributed by atoms with E-state index in [0.717, 1.165) is 23.7 Å². The number of amides is 2. The van der Waals surface area contributed by atoms with Gasteiger partial charge in [0.15, 0.2) is 0 Å². The molecule has 1 aliphatic heterocycles. The Morgan fingerprint density at radius 3 is 2.74 bits per heavy atom. The van der Waals surface area contributed by atoms with Gasteiger partial charge in [0.25, 0.3) is 11.8 Å². The second kappa shape index (κ2) is 7.55. The van der Waals surface area contributed by atoms with Crippen molar-refractivity contribution < 1.29 is 14.3 Å². The van der Waals surface area contributed by atoms with Gasteiger partial charge in [0.1, 0.15) is 6.10 Å². The summed E-state index contributed by atoms with van der Waals surface area (Å²) in [6.07, 6.45) is 2.83. The van der Waals surface area contributed by atoms with Crippen LogP contribution in [-0.2, 0) is 9.53 Å². The van der Waals surface area contributed by atoms with E-state index in [-0.39, 0.29) is 11.8 Å². The molecule has 0 aliphatic carbocycles. The Hall–Kier alpha value is -3.25. The third kappa shape index (κ3) is 3.96. The maximum atomic E-state index is 12.6. The zero-order valence-electron chi connectivity index (χ0n) is 14.6. The van der Waals surface area contributed by atoms with Gasteiger partial charge in [-0.1, -0.05) is 24.3 Å². The topological polar surface area (TPSA) is 80.3 Å². The molecule has 1 atom stereocenters. The predicted molar refractivity (Wildman–Crippen MR) is 104 cm³/mol. The minimum absolute atomic E-state index is 0.177. The summed E-state index contributed by atoms with van der Waals surface area (Å²) in [4.78, 5) is 29.1. The highest BCUT2D eigenvalue weighted by atomic mass is 16.5. The fourth-order valence-corrected chi connectivity index (χ4v) is 3.09. The summed E-state index contributed by atoms with van der Waals surface area (Å²) in [7, 11) is 0. The minimum atomic E-state index is -0.411. The number of hydrogen-bond donors (Lipinski definition) is 2. The number of benzene rings is 2. The first-order chi connectivity index (χ1) is 13.2. The van der Waals surface area contributed by atoms with Gasteiger partial charge in [-0.05, 0) is 43.2 Å². The van der Waals surface area contributed by atoms with Crippen LogP contribution in [0.5, 0.6) is 0 Å². The summed E-state index contributed by atoms with van der Waals surface area (Å²) in [5, 5.41) is 6.61. The molecule has 3 aromatic rings. The molecule has 0 bridgehead atoms. The summed E-state index contributed by atoms with van der Waals surface area (Å²) in [6.45, 7) is 0.611. The summed E-state index contributed by atoms with van der Waals surface area (Å²) in [5.41, 5.74) is 2.51. The van der Waals surface area contributed by atoms with Gasteiger partial charge in [-0.25, -0.2) is 0 Å².